The molecule has 0 aliphatic heterocycles. The van der Waals surface area contributed by atoms with E-state index in [-0.39, 0.29) is 10.6 Å². The zero-order chi connectivity index (χ0) is 27.1. The lowest BCUT2D eigenvalue weighted by atomic mass is 9.80. The zero-order valence-corrected chi connectivity index (χ0v) is 24.9. The Balaban J connectivity index is 2.20. The van der Waals surface area contributed by atoms with Gasteiger partial charge >= 0.3 is 0 Å². The van der Waals surface area contributed by atoms with Gasteiger partial charge in [0.15, 0.2) is 6.29 Å². The summed E-state index contributed by atoms with van der Waals surface area (Å²) in [6, 6.07) is 21.5. The Morgan fingerprint density at radius 3 is 2.27 bits per heavy atom. The number of ether oxygens (including phenoxy) is 1. The number of aryl methyl sites for hydroxylation is 2. The smallest absolute Gasteiger partial charge is 0.150 e. The van der Waals surface area contributed by atoms with E-state index < -0.39 is 0 Å². The summed E-state index contributed by atoms with van der Waals surface area (Å²) in [5, 5.41) is 1.06. The van der Waals surface area contributed by atoms with Crippen LogP contribution in [0.1, 0.15) is 105 Å². The highest BCUT2D eigenvalue weighted by Gasteiger charge is 2.36. The Morgan fingerprint density at radius 1 is 0.919 bits per heavy atom. The maximum atomic E-state index is 12.1. The Morgan fingerprint density at radius 2 is 1.65 bits per heavy atom. The van der Waals surface area contributed by atoms with E-state index in [0.717, 1.165) is 47.7 Å². The largest absolute Gasteiger partial charge is 0.488 e. The van der Waals surface area contributed by atoms with Gasteiger partial charge in [-0.2, -0.15) is 0 Å². The summed E-state index contributed by atoms with van der Waals surface area (Å²) in [6.07, 6.45) is 6.67. The number of carbonyl (C=O) groups is 1. The fourth-order valence-electron chi connectivity index (χ4n) is 5.03. The number of benzene rings is 3. The maximum Gasteiger partial charge on any atom is 0.150 e. The molecule has 0 aliphatic rings. The topological polar surface area (TPSA) is 26.3 Å². The summed E-state index contributed by atoms with van der Waals surface area (Å²) < 4.78 is 6.68. The number of aldehydes is 1. The summed E-state index contributed by atoms with van der Waals surface area (Å²) in [7, 11) is 0.489. The molecule has 2 atom stereocenters. The predicted octanol–water partition coefficient (Wildman–Crippen LogP) is 9.18. The summed E-state index contributed by atoms with van der Waals surface area (Å²) in [5.74, 6) is 1.02. The van der Waals surface area contributed by atoms with Crippen molar-refractivity contribution < 1.29 is 9.53 Å². The number of unbranched alkanes of at least 4 members (excludes halogenated alkanes) is 2. The van der Waals surface area contributed by atoms with Crippen LogP contribution in [0.5, 0.6) is 5.75 Å². The number of carbonyl (C=O) groups excluding carboxylic acids is 1. The van der Waals surface area contributed by atoms with Crippen LogP contribution in [-0.2, 0) is 17.2 Å². The zero-order valence-electron chi connectivity index (χ0n) is 23.9. The van der Waals surface area contributed by atoms with Crippen LogP contribution in [0.25, 0.3) is 0 Å². The standard InChI is InChI=1S/C34H45O2P/c1-8-10-14-19-34(9-2,37-31-18-17-25(3)20-28(31)23-35)30-22-29(33(5,6)7)21-26(4)32(30)36-24-27-15-12-11-13-16-27/h11-13,15-18,20-23,37H,8-10,14,19,24H2,1-7H3. The Labute approximate surface area is 227 Å². The van der Waals surface area contributed by atoms with Crippen molar-refractivity contribution in [2.45, 2.75) is 97.7 Å². The van der Waals surface area contributed by atoms with Gasteiger partial charge in [-0.1, -0.05) is 123 Å². The van der Waals surface area contributed by atoms with Crippen LogP contribution in [0.15, 0.2) is 60.7 Å². The van der Waals surface area contributed by atoms with Crippen molar-refractivity contribution in [1.29, 1.82) is 0 Å². The predicted molar refractivity (Wildman–Crippen MR) is 161 cm³/mol. The van der Waals surface area contributed by atoms with Gasteiger partial charge in [0.25, 0.3) is 0 Å². The normalized spacial score (nSPS) is 13.6. The van der Waals surface area contributed by atoms with Crippen LogP contribution in [0.2, 0.25) is 0 Å². The number of hydrogen-bond donors (Lipinski definition) is 0. The van der Waals surface area contributed by atoms with Crippen molar-refractivity contribution in [3.8, 4) is 5.75 Å². The van der Waals surface area contributed by atoms with Gasteiger partial charge in [-0.3, -0.25) is 4.79 Å². The van der Waals surface area contributed by atoms with E-state index in [4.69, 9.17) is 4.74 Å². The van der Waals surface area contributed by atoms with Gasteiger partial charge < -0.3 is 4.74 Å². The first-order valence-electron chi connectivity index (χ1n) is 13.8. The summed E-state index contributed by atoms with van der Waals surface area (Å²) in [6.45, 7) is 16.2. The number of rotatable bonds is 12. The summed E-state index contributed by atoms with van der Waals surface area (Å²) in [5.41, 5.74) is 6.98. The molecule has 0 bridgehead atoms. The molecule has 0 aromatic heterocycles. The van der Waals surface area contributed by atoms with E-state index >= 15 is 0 Å². The molecule has 0 spiro atoms. The Bertz CT molecular complexity index is 1180. The molecule has 198 valence electrons. The molecule has 2 nitrogen and oxygen atoms in total. The van der Waals surface area contributed by atoms with Gasteiger partial charge in [-0.25, -0.2) is 0 Å². The van der Waals surface area contributed by atoms with Gasteiger partial charge in [-0.15, -0.1) is 0 Å². The third-order valence-corrected chi connectivity index (χ3v) is 9.48. The van der Waals surface area contributed by atoms with Crippen LogP contribution in [0, 0.1) is 13.8 Å². The molecule has 0 fully saturated rings. The molecule has 3 rings (SSSR count). The second-order valence-corrected chi connectivity index (χ2v) is 13.2. The Hall–Kier alpha value is -2.44. The van der Waals surface area contributed by atoms with Crippen LogP contribution < -0.4 is 10.0 Å². The average Bonchev–Trinajstić information content (AvgIpc) is 2.88. The fourth-order valence-corrected chi connectivity index (χ4v) is 6.79. The summed E-state index contributed by atoms with van der Waals surface area (Å²) >= 11 is 0. The van der Waals surface area contributed by atoms with E-state index in [2.05, 4.69) is 97.0 Å². The first kappa shape index (κ1) is 29.1. The van der Waals surface area contributed by atoms with Crippen LogP contribution >= 0.6 is 8.58 Å². The first-order valence-corrected chi connectivity index (χ1v) is 14.8. The second kappa shape index (κ2) is 12.9. The molecular weight excluding hydrogens is 471 g/mol. The van der Waals surface area contributed by atoms with Gasteiger partial charge in [-0.05, 0) is 60.2 Å². The minimum absolute atomic E-state index is 0.0291. The lowest BCUT2D eigenvalue weighted by Gasteiger charge is -2.37. The first-order chi connectivity index (χ1) is 17.6. The van der Waals surface area contributed by atoms with Crippen molar-refractivity contribution in [2.75, 3.05) is 0 Å². The number of hydrogen-bond acceptors (Lipinski definition) is 2. The van der Waals surface area contributed by atoms with Crippen molar-refractivity contribution in [2.24, 2.45) is 0 Å². The molecule has 37 heavy (non-hydrogen) atoms. The van der Waals surface area contributed by atoms with E-state index in [1.807, 2.05) is 12.1 Å². The van der Waals surface area contributed by atoms with E-state index in [1.54, 1.807) is 0 Å². The van der Waals surface area contributed by atoms with Crippen molar-refractivity contribution in [3.05, 3.63) is 94.0 Å². The highest BCUT2D eigenvalue weighted by molar-refractivity contribution is 7.48. The third kappa shape index (κ3) is 7.32. The molecule has 0 amide bonds. The second-order valence-electron chi connectivity index (χ2n) is 11.4. The van der Waals surface area contributed by atoms with Gasteiger partial charge in [0.1, 0.15) is 12.4 Å². The van der Waals surface area contributed by atoms with E-state index in [1.165, 1.54) is 35.1 Å². The Kier molecular flexibility index (Phi) is 10.1. The van der Waals surface area contributed by atoms with Gasteiger partial charge in [0.2, 0.25) is 0 Å². The molecule has 2 unspecified atom stereocenters. The van der Waals surface area contributed by atoms with Crippen molar-refractivity contribution in [1.82, 2.24) is 0 Å². The van der Waals surface area contributed by atoms with Crippen molar-refractivity contribution >= 4 is 20.2 Å². The average molecular weight is 517 g/mol. The lowest BCUT2D eigenvalue weighted by molar-refractivity contribution is 0.112. The quantitative estimate of drug-likeness (QED) is 0.136. The molecule has 3 aromatic carbocycles. The van der Waals surface area contributed by atoms with Gasteiger partial charge in [0.05, 0.1) is 0 Å². The summed E-state index contributed by atoms with van der Waals surface area (Å²) in [4.78, 5) is 12.1. The highest BCUT2D eigenvalue weighted by atomic mass is 31.1. The molecule has 0 saturated carbocycles. The molecule has 3 heteroatoms. The molecule has 0 heterocycles. The van der Waals surface area contributed by atoms with Crippen molar-refractivity contribution in [3.63, 3.8) is 0 Å². The SMILES string of the molecule is CCCCCC(CC)(Pc1ccc(C)cc1C=O)c1cc(C(C)(C)C)cc(C)c1OCc1ccccc1. The molecule has 0 radical (unpaired) electrons. The molecule has 0 saturated heterocycles. The molecule has 0 N–H and O–H groups in total. The minimum Gasteiger partial charge on any atom is -0.488 e. The third-order valence-electron chi connectivity index (χ3n) is 7.40. The van der Waals surface area contributed by atoms with Crippen LogP contribution in [0.3, 0.4) is 0 Å². The molecular formula is C34H45O2P. The highest BCUT2D eigenvalue weighted by Crippen LogP contribution is 2.53. The molecule has 3 aromatic rings. The van der Waals surface area contributed by atoms with Gasteiger partial charge in [0, 0.05) is 16.3 Å². The minimum atomic E-state index is -0.0970. The monoisotopic (exact) mass is 516 g/mol. The van der Waals surface area contributed by atoms with E-state index in [9.17, 15) is 4.79 Å². The lowest BCUT2D eigenvalue weighted by Crippen LogP contribution is -2.26. The maximum absolute atomic E-state index is 12.1. The fraction of sp³-hybridized carbons (Fsp3) is 0.441. The van der Waals surface area contributed by atoms with Crippen LogP contribution in [0.4, 0.5) is 0 Å². The molecule has 0 aliphatic carbocycles. The van der Waals surface area contributed by atoms with Crippen LogP contribution in [-0.4, -0.2) is 6.29 Å². The van der Waals surface area contributed by atoms with E-state index in [0.29, 0.717) is 15.2 Å².